The minimum absolute atomic E-state index is 0.0473. The summed E-state index contributed by atoms with van der Waals surface area (Å²) < 4.78 is 20.3. The lowest BCUT2D eigenvalue weighted by Gasteiger charge is -2.46. The van der Waals surface area contributed by atoms with Gasteiger partial charge in [-0.05, 0) is 56.9 Å². The molecular weight excluding hydrogens is 485 g/mol. The number of nitrogens with zero attached hydrogens (tertiary/aromatic N) is 6. The van der Waals surface area contributed by atoms with Crippen molar-refractivity contribution in [2.75, 3.05) is 60.0 Å². The van der Waals surface area contributed by atoms with Gasteiger partial charge < -0.3 is 24.8 Å². The molecule has 6 rings (SSSR count). The third kappa shape index (κ3) is 4.33. The normalized spacial score (nSPS) is 26.9. The first kappa shape index (κ1) is 25.2. The lowest BCUT2D eigenvalue weighted by Crippen LogP contribution is -2.56. The van der Waals surface area contributed by atoms with Gasteiger partial charge in [-0.2, -0.15) is 0 Å². The van der Waals surface area contributed by atoms with Crippen molar-refractivity contribution < 1.29 is 13.9 Å². The molecule has 1 aromatic carbocycles. The van der Waals surface area contributed by atoms with Gasteiger partial charge in [0.15, 0.2) is 0 Å². The van der Waals surface area contributed by atoms with Crippen molar-refractivity contribution >= 4 is 11.7 Å². The van der Waals surface area contributed by atoms with Gasteiger partial charge in [0.2, 0.25) is 0 Å². The van der Waals surface area contributed by atoms with Gasteiger partial charge in [-0.15, -0.1) is 0 Å². The van der Waals surface area contributed by atoms with Gasteiger partial charge in [-0.3, -0.25) is 4.79 Å². The number of hydrogen-bond donors (Lipinski definition) is 1. The van der Waals surface area contributed by atoms with Crippen LogP contribution in [0.1, 0.15) is 43.0 Å². The standard InChI is InChI=1S/C28H38FN7O2/c1-19-26(34-12-6-13-34)31-25-18-23-22-7-4-5-14-35(22)28(37)21-17-20(29)8-9-24(21)38-16-11-30-10-15-32(2)27(19)36(25)33(23)3/h8-9,17-18,22-23,30H,4-7,10-16H2,1-3H3. The van der Waals surface area contributed by atoms with E-state index in [1.807, 2.05) is 4.90 Å². The smallest absolute Gasteiger partial charge is 0.258 e. The van der Waals surface area contributed by atoms with Crippen LogP contribution in [-0.4, -0.2) is 109 Å². The Balaban J connectivity index is 1.42. The number of amides is 1. The first-order chi connectivity index (χ1) is 18.4. The monoisotopic (exact) mass is 523 g/mol. The fraction of sp³-hybridized carbons (Fsp3) is 0.571. The lowest BCUT2D eigenvalue weighted by atomic mass is 9.94. The number of halogens is 1. The summed E-state index contributed by atoms with van der Waals surface area (Å²) in [5.41, 5.74) is 1.46. The van der Waals surface area contributed by atoms with Crippen LogP contribution in [-0.2, 0) is 0 Å². The molecule has 1 amide bonds. The number of hydrogen-bond acceptors (Lipinski definition) is 8. The summed E-state index contributed by atoms with van der Waals surface area (Å²) in [7, 11) is 4.23. The van der Waals surface area contributed by atoms with E-state index in [9.17, 15) is 9.18 Å². The maximum absolute atomic E-state index is 14.3. The van der Waals surface area contributed by atoms with Gasteiger partial charge in [0, 0.05) is 58.9 Å². The van der Waals surface area contributed by atoms with Crippen molar-refractivity contribution in [3.63, 3.8) is 0 Å². The predicted octanol–water partition coefficient (Wildman–Crippen LogP) is 2.46. The quantitative estimate of drug-likeness (QED) is 0.561. The summed E-state index contributed by atoms with van der Waals surface area (Å²) in [6, 6.07) is 4.16. The number of carbonyl (C=O) groups is 1. The van der Waals surface area contributed by atoms with Crippen LogP contribution in [0.15, 0.2) is 46.5 Å². The van der Waals surface area contributed by atoms with E-state index in [0.29, 0.717) is 31.0 Å². The molecule has 0 aliphatic carbocycles. The van der Waals surface area contributed by atoms with E-state index in [2.05, 4.69) is 52.2 Å². The van der Waals surface area contributed by atoms with Gasteiger partial charge in [-0.1, -0.05) is 0 Å². The van der Waals surface area contributed by atoms with Gasteiger partial charge in [-0.25, -0.2) is 19.4 Å². The molecule has 0 aromatic heterocycles. The van der Waals surface area contributed by atoms with Gasteiger partial charge in [0.1, 0.15) is 35.7 Å². The van der Waals surface area contributed by atoms with E-state index in [1.54, 1.807) is 6.07 Å². The second-order valence-corrected chi connectivity index (χ2v) is 10.8. The third-order valence-corrected chi connectivity index (χ3v) is 8.43. The Morgan fingerprint density at radius 3 is 2.71 bits per heavy atom. The molecule has 2 saturated heterocycles. The van der Waals surface area contributed by atoms with Crippen LogP contribution >= 0.6 is 0 Å². The number of amidine groups is 1. The van der Waals surface area contributed by atoms with Crippen LogP contribution < -0.4 is 10.1 Å². The number of likely N-dealkylation sites (tertiary alicyclic amines) is 1. The Kier molecular flexibility index (Phi) is 6.77. The molecule has 5 aliphatic heterocycles. The lowest BCUT2D eigenvalue weighted by molar-refractivity contribution is -0.00495. The maximum Gasteiger partial charge on any atom is 0.258 e. The minimum atomic E-state index is -0.430. The third-order valence-electron chi connectivity index (χ3n) is 8.43. The summed E-state index contributed by atoms with van der Waals surface area (Å²) in [5.74, 6) is 2.93. The average molecular weight is 524 g/mol. The van der Waals surface area contributed by atoms with Crippen molar-refractivity contribution in [2.45, 2.75) is 44.7 Å². The molecule has 5 heterocycles. The number of likely N-dealkylation sites (N-methyl/N-ethyl adjacent to an activating group) is 2. The zero-order valence-electron chi connectivity index (χ0n) is 22.6. The molecular formula is C28H38FN7O2. The van der Waals surface area contributed by atoms with E-state index in [-0.39, 0.29) is 18.0 Å². The Morgan fingerprint density at radius 1 is 1.08 bits per heavy atom. The highest BCUT2D eigenvalue weighted by Crippen LogP contribution is 2.39. The number of ether oxygens (including phenoxy) is 1. The van der Waals surface area contributed by atoms with Crippen LogP contribution in [0.2, 0.25) is 0 Å². The molecule has 38 heavy (non-hydrogen) atoms. The molecule has 2 atom stereocenters. The predicted molar refractivity (Wildman–Crippen MR) is 144 cm³/mol. The second kappa shape index (κ2) is 10.2. The molecule has 5 aliphatic rings. The highest BCUT2D eigenvalue weighted by molar-refractivity contribution is 6.00. The number of fused-ring (bicyclic) bond motifs is 4. The fourth-order valence-corrected chi connectivity index (χ4v) is 6.29. The van der Waals surface area contributed by atoms with Crippen molar-refractivity contribution in [1.82, 2.24) is 30.0 Å². The Morgan fingerprint density at radius 2 is 1.92 bits per heavy atom. The maximum atomic E-state index is 14.3. The SMILES string of the molecule is CC1=C2N(C)CCNCCOc3ccc(F)cc3C(=O)N3CCCCC3C3C=C(N=C1N1CCC1)N2N3C. The van der Waals surface area contributed by atoms with Crippen molar-refractivity contribution in [2.24, 2.45) is 4.99 Å². The zero-order valence-corrected chi connectivity index (χ0v) is 22.6. The van der Waals surface area contributed by atoms with Crippen molar-refractivity contribution in [1.29, 1.82) is 0 Å². The molecule has 10 heteroatoms. The minimum Gasteiger partial charge on any atom is -0.491 e. The molecule has 0 saturated carbocycles. The van der Waals surface area contributed by atoms with Crippen molar-refractivity contribution in [3.8, 4) is 5.75 Å². The summed E-state index contributed by atoms with van der Waals surface area (Å²) in [6.07, 6.45) is 6.26. The molecule has 1 aromatic rings. The number of hydrazine groups is 1. The average Bonchev–Trinajstić information content (AvgIpc) is 3.20. The summed E-state index contributed by atoms with van der Waals surface area (Å²) in [5, 5.41) is 7.91. The fourth-order valence-electron chi connectivity index (χ4n) is 6.29. The molecule has 2 fully saturated rings. The van der Waals surface area contributed by atoms with E-state index in [1.165, 1.54) is 24.1 Å². The number of aliphatic imine (C=N–C) groups is 1. The number of carbonyl (C=O) groups excluding carboxylic acids is 1. The van der Waals surface area contributed by atoms with Gasteiger partial charge in [0.05, 0.1) is 17.6 Å². The highest BCUT2D eigenvalue weighted by Gasteiger charge is 2.45. The van der Waals surface area contributed by atoms with Crippen LogP contribution in [0.5, 0.6) is 5.75 Å². The van der Waals surface area contributed by atoms with Gasteiger partial charge >= 0.3 is 0 Å². The van der Waals surface area contributed by atoms with Crippen LogP contribution in [0.4, 0.5) is 4.39 Å². The number of benzene rings is 1. The summed E-state index contributed by atoms with van der Waals surface area (Å²) >= 11 is 0. The molecule has 0 radical (unpaired) electrons. The molecule has 2 bridgehead atoms. The molecule has 9 nitrogen and oxygen atoms in total. The van der Waals surface area contributed by atoms with Crippen molar-refractivity contribution in [3.05, 3.63) is 52.9 Å². The zero-order chi connectivity index (χ0) is 26.4. The first-order valence-electron chi connectivity index (χ1n) is 13.9. The van der Waals surface area contributed by atoms with Gasteiger partial charge in [0.25, 0.3) is 5.91 Å². The Labute approximate surface area is 224 Å². The van der Waals surface area contributed by atoms with E-state index < -0.39 is 5.82 Å². The Bertz CT molecular complexity index is 1190. The summed E-state index contributed by atoms with van der Waals surface area (Å²) in [4.78, 5) is 25.7. The first-order valence-corrected chi connectivity index (χ1v) is 13.9. The number of nitrogens with one attached hydrogen (secondary N) is 1. The molecule has 2 unspecified atom stereocenters. The molecule has 204 valence electrons. The van der Waals surface area contributed by atoms with E-state index in [4.69, 9.17) is 9.73 Å². The Hall–Kier alpha value is -3.11. The van der Waals surface area contributed by atoms with E-state index in [0.717, 1.165) is 62.9 Å². The molecule has 0 spiro atoms. The van der Waals surface area contributed by atoms with E-state index >= 15 is 0 Å². The van der Waals surface area contributed by atoms with Crippen LogP contribution in [0.3, 0.4) is 0 Å². The largest absolute Gasteiger partial charge is 0.491 e. The topological polar surface area (TPSA) is 66.9 Å². The number of rotatable bonds is 0. The van der Waals surface area contributed by atoms with Crippen LogP contribution in [0, 0.1) is 5.82 Å². The van der Waals surface area contributed by atoms with Crippen LogP contribution in [0.25, 0.3) is 0 Å². The highest BCUT2D eigenvalue weighted by atomic mass is 19.1. The second-order valence-electron chi connectivity index (χ2n) is 10.8. The summed E-state index contributed by atoms with van der Waals surface area (Å²) in [6.45, 7) is 7.48. The molecule has 1 N–H and O–H groups in total. The number of piperidine rings is 1.